The lowest BCUT2D eigenvalue weighted by Crippen LogP contribution is -2.08. The van der Waals surface area contributed by atoms with E-state index in [-0.39, 0.29) is 11.1 Å². The Bertz CT molecular complexity index is 581. The molecule has 2 aromatic rings. The van der Waals surface area contributed by atoms with E-state index in [1.165, 1.54) is 24.4 Å². The van der Waals surface area contributed by atoms with Gasteiger partial charge in [-0.2, -0.15) is 0 Å². The molecule has 0 aliphatic heterocycles. The smallest absolute Gasteiger partial charge is 0.197 e. The molecule has 0 saturated carbocycles. The molecule has 0 saturated heterocycles. The first-order valence-corrected chi connectivity index (χ1v) is 5.01. The first-order chi connectivity index (χ1) is 8.11. The fraction of sp³-hybridized carbons (Fsp3) is 0.0769. The molecule has 0 atom stereocenters. The van der Waals surface area contributed by atoms with Crippen LogP contribution in [0.5, 0.6) is 0 Å². The summed E-state index contributed by atoms with van der Waals surface area (Å²) < 4.78 is 26.5. The summed E-state index contributed by atoms with van der Waals surface area (Å²) in [4.78, 5) is 15.9. The molecule has 0 bridgehead atoms. The molecule has 0 amide bonds. The number of aryl methyl sites for hydroxylation is 1. The number of hydrogen-bond acceptors (Lipinski definition) is 2. The Morgan fingerprint density at radius 2 is 1.82 bits per heavy atom. The summed E-state index contributed by atoms with van der Waals surface area (Å²) >= 11 is 0. The Morgan fingerprint density at radius 1 is 1.12 bits per heavy atom. The van der Waals surface area contributed by atoms with Gasteiger partial charge in [-0.15, -0.1) is 0 Å². The van der Waals surface area contributed by atoms with Gasteiger partial charge < -0.3 is 0 Å². The molecule has 86 valence electrons. The molecule has 1 aromatic heterocycles. The zero-order chi connectivity index (χ0) is 12.4. The minimum atomic E-state index is -1.12. The van der Waals surface area contributed by atoms with Crippen LogP contribution in [0.15, 0.2) is 36.5 Å². The second kappa shape index (κ2) is 4.41. The van der Waals surface area contributed by atoms with Gasteiger partial charge >= 0.3 is 0 Å². The van der Waals surface area contributed by atoms with E-state index < -0.39 is 17.4 Å². The lowest BCUT2D eigenvalue weighted by Gasteiger charge is -2.05. The highest BCUT2D eigenvalue weighted by Gasteiger charge is 2.18. The summed E-state index contributed by atoms with van der Waals surface area (Å²) in [5, 5.41) is 0. The molecule has 0 aliphatic carbocycles. The van der Waals surface area contributed by atoms with E-state index in [1.807, 2.05) is 0 Å². The van der Waals surface area contributed by atoms with Crippen LogP contribution in [0.1, 0.15) is 21.6 Å². The molecule has 0 spiro atoms. The zero-order valence-corrected chi connectivity index (χ0v) is 9.08. The largest absolute Gasteiger partial charge is 0.288 e. The molecule has 0 aliphatic rings. The van der Waals surface area contributed by atoms with Crippen molar-refractivity contribution in [1.82, 2.24) is 4.98 Å². The van der Waals surface area contributed by atoms with Crippen LogP contribution < -0.4 is 0 Å². The lowest BCUT2D eigenvalue weighted by atomic mass is 10.0. The quantitative estimate of drug-likeness (QED) is 0.746. The van der Waals surface area contributed by atoms with E-state index in [0.717, 1.165) is 6.07 Å². The number of carbonyl (C=O) groups excluding carboxylic acids is 1. The molecule has 0 radical (unpaired) electrons. The highest BCUT2D eigenvalue weighted by Crippen LogP contribution is 2.17. The summed E-state index contributed by atoms with van der Waals surface area (Å²) in [5.41, 5.74) is 0.485. The molecule has 17 heavy (non-hydrogen) atoms. The second-order valence-corrected chi connectivity index (χ2v) is 3.57. The molecular weight excluding hydrogens is 224 g/mol. The van der Waals surface area contributed by atoms with Crippen LogP contribution in [-0.4, -0.2) is 10.8 Å². The zero-order valence-electron chi connectivity index (χ0n) is 9.08. The van der Waals surface area contributed by atoms with Crippen molar-refractivity contribution in [1.29, 1.82) is 0 Å². The molecular formula is C13H9F2NO. The van der Waals surface area contributed by atoms with Gasteiger partial charge in [0.25, 0.3) is 0 Å². The van der Waals surface area contributed by atoms with Gasteiger partial charge in [-0.1, -0.05) is 6.07 Å². The van der Waals surface area contributed by atoms with Crippen LogP contribution in [0.3, 0.4) is 0 Å². The Kier molecular flexibility index (Phi) is 2.95. The van der Waals surface area contributed by atoms with Crippen LogP contribution in [-0.2, 0) is 0 Å². The van der Waals surface area contributed by atoms with Gasteiger partial charge in [0.15, 0.2) is 17.4 Å². The fourth-order valence-electron chi connectivity index (χ4n) is 1.55. The average Bonchev–Trinajstić information content (AvgIpc) is 2.32. The molecule has 2 nitrogen and oxygen atoms in total. The molecule has 1 aromatic carbocycles. The van der Waals surface area contributed by atoms with Gasteiger partial charge in [0.1, 0.15) is 0 Å². The number of halogens is 2. The van der Waals surface area contributed by atoms with Gasteiger partial charge in [-0.05, 0) is 31.2 Å². The minimum Gasteiger partial charge on any atom is -0.288 e. The lowest BCUT2D eigenvalue weighted by molar-refractivity contribution is 0.103. The summed E-state index contributed by atoms with van der Waals surface area (Å²) in [6.07, 6.45) is 1.54. The van der Waals surface area contributed by atoms with Gasteiger partial charge in [0.2, 0.25) is 0 Å². The van der Waals surface area contributed by atoms with E-state index in [0.29, 0.717) is 5.69 Å². The van der Waals surface area contributed by atoms with Crippen LogP contribution in [0.4, 0.5) is 8.78 Å². The first-order valence-electron chi connectivity index (χ1n) is 5.01. The van der Waals surface area contributed by atoms with Crippen molar-refractivity contribution in [3.8, 4) is 0 Å². The van der Waals surface area contributed by atoms with Crippen LogP contribution >= 0.6 is 0 Å². The molecule has 0 unspecified atom stereocenters. The summed E-state index contributed by atoms with van der Waals surface area (Å²) in [5.74, 6) is -2.72. The van der Waals surface area contributed by atoms with Crippen LogP contribution in [0, 0.1) is 18.6 Å². The van der Waals surface area contributed by atoms with Crippen molar-refractivity contribution < 1.29 is 13.6 Å². The maximum atomic E-state index is 13.5. The highest BCUT2D eigenvalue weighted by molar-refractivity contribution is 6.09. The van der Waals surface area contributed by atoms with Gasteiger partial charge in [-0.25, -0.2) is 8.78 Å². The van der Waals surface area contributed by atoms with Crippen molar-refractivity contribution in [2.45, 2.75) is 6.92 Å². The van der Waals surface area contributed by atoms with Crippen molar-refractivity contribution in [2.75, 3.05) is 0 Å². The fourth-order valence-corrected chi connectivity index (χ4v) is 1.55. The van der Waals surface area contributed by atoms with Crippen molar-refractivity contribution in [2.24, 2.45) is 0 Å². The Hall–Kier alpha value is -2.10. The number of carbonyl (C=O) groups is 1. The topological polar surface area (TPSA) is 30.0 Å². The first kappa shape index (κ1) is 11.4. The molecule has 0 N–H and O–H groups in total. The monoisotopic (exact) mass is 233 g/mol. The molecule has 2 rings (SSSR count). The number of nitrogens with zero attached hydrogens (tertiary/aromatic N) is 1. The number of benzene rings is 1. The highest BCUT2D eigenvalue weighted by atomic mass is 19.2. The number of rotatable bonds is 2. The Morgan fingerprint density at radius 3 is 2.53 bits per heavy atom. The number of hydrogen-bond donors (Lipinski definition) is 0. The van der Waals surface area contributed by atoms with Crippen molar-refractivity contribution in [3.05, 3.63) is 65.0 Å². The maximum absolute atomic E-state index is 13.5. The standard InChI is InChI=1S/C13H9F2NO/c1-8-9(5-3-7-16-8)13(17)10-4-2-6-11(14)12(10)15/h2-7H,1H3. The van der Waals surface area contributed by atoms with Gasteiger partial charge in [-0.3, -0.25) is 9.78 Å². The predicted octanol–water partition coefficient (Wildman–Crippen LogP) is 2.90. The third kappa shape index (κ3) is 2.06. The minimum absolute atomic E-state index is 0.275. The SMILES string of the molecule is Cc1ncccc1C(=O)c1cccc(F)c1F. The predicted molar refractivity (Wildman–Crippen MR) is 58.8 cm³/mol. The average molecular weight is 233 g/mol. The van der Waals surface area contributed by atoms with Crippen molar-refractivity contribution >= 4 is 5.78 Å². The number of pyridine rings is 1. The molecule has 1 heterocycles. The maximum Gasteiger partial charge on any atom is 0.197 e. The molecule has 0 fully saturated rings. The van der Waals surface area contributed by atoms with Gasteiger partial charge in [0, 0.05) is 17.5 Å². The van der Waals surface area contributed by atoms with Crippen molar-refractivity contribution in [3.63, 3.8) is 0 Å². The molecule has 4 heteroatoms. The summed E-state index contributed by atoms with van der Waals surface area (Å²) in [7, 11) is 0. The van der Waals surface area contributed by atoms with Crippen LogP contribution in [0.25, 0.3) is 0 Å². The van der Waals surface area contributed by atoms with E-state index >= 15 is 0 Å². The van der Waals surface area contributed by atoms with Crippen LogP contribution in [0.2, 0.25) is 0 Å². The normalized spacial score (nSPS) is 10.3. The van der Waals surface area contributed by atoms with E-state index in [9.17, 15) is 13.6 Å². The Labute approximate surface area is 96.9 Å². The third-order valence-corrected chi connectivity index (χ3v) is 2.45. The van der Waals surface area contributed by atoms with E-state index in [2.05, 4.69) is 4.98 Å². The number of ketones is 1. The summed E-state index contributed by atoms with van der Waals surface area (Å²) in [6.45, 7) is 1.64. The van der Waals surface area contributed by atoms with E-state index in [4.69, 9.17) is 0 Å². The number of aromatic nitrogens is 1. The Balaban J connectivity index is 2.52. The summed E-state index contributed by atoms with van der Waals surface area (Å²) in [6, 6.07) is 6.65. The van der Waals surface area contributed by atoms with Gasteiger partial charge in [0.05, 0.1) is 5.56 Å². The van der Waals surface area contributed by atoms with E-state index in [1.54, 1.807) is 13.0 Å². The second-order valence-electron chi connectivity index (χ2n) is 3.57. The third-order valence-electron chi connectivity index (χ3n) is 2.45.